The Kier molecular flexibility index (Phi) is 10.1. The molecule has 29 heavy (non-hydrogen) atoms. The monoisotopic (exact) mass is 404 g/mol. The average molecular weight is 405 g/mol. The Bertz CT molecular complexity index is 625. The van der Waals surface area contributed by atoms with E-state index in [1.165, 1.54) is 18.4 Å². The molecule has 6 nitrogen and oxygen atoms in total. The number of nitrogens with one attached hydrogen (secondary N) is 2. The van der Waals surface area contributed by atoms with Gasteiger partial charge in [0.25, 0.3) is 0 Å². The maximum Gasteiger partial charge on any atom is 0.191 e. The SMILES string of the molecule is CCNC(=NCCCc1ccc(OC)c(OCC)c1)NC1CCN(C(C)C)CC1. The molecular weight excluding hydrogens is 364 g/mol. The number of piperidine rings is 1. The molecule has 0 bridgehead atoms. The van der Waals surface area contributed by atoms with Crippen molar-refractivity contribution in [3.05, 3.63) is 23.8 Å². The summed E-state index contributed by atoms with van der Waals surface area (Å²) in [5.41, 5.74) is 1.25. The Labute approximate surface area is 177 Å². The fraction of sp³-hybridized carbons (Fsp3) is 0.696. The summed E-state index contributed by atoms with van der Waals surface area (Å²) >= 11 is 0. The van der Waals surface area contributed by atoms with Crippen molar-refractivity contribution in [3.8, 4) is 11.5 Å². The molecule has 2 rings (SSSR count). The minimum absolute atomic E-state index is 0.512. The maximum absolute atomic E-state index is 5.68. The zero-order valence-electron chi connectivity index (χ0n) is 19.0. The van der Waals surface area contributed by atoms with Crippen LogP contribution in [0.2, 0.25) is 0 Å². The number of hydrogen-bond acceptors (Lipinski definition) is 4. The number of hydrogen-bond donors (Lipinski definition) is 2. The number of rotatable bonds is 10. The van der Waals surface area contributed by atoms with Crippen LogP contribution in [0.15, 0.2) is 23.2 Å². The molecule has 0 aromatic heterocycles. The summed E-state index contributed by atoms with van der Waals surface area (Å²) in [6.07, 6.45) is 4.32. The number of nitrogens with zero attached hydrogens (tertiary/aromatic N) is 2. The van der Waals surface area contributed by atoms with Gasteiger partial charge in [0.2, 0.25) is 0 Å². The van der Waals surface area contributed by atoms with E-state index in [1.54, 1.807) is 7.11 Å². The minimum atomic E-state index is 0.512. The number of guanidine groups is 1. The molecule has 1 heterocycles. The van der Waals surface area contributed by atoms with Gasteiger partial charge in [-0.05, 0) is 71.1 Å². The number of aliphatic imine (C=N–C) groups is 1. The van der Waals surface area contributed by atoms with Gasteiger partial charge in [-0.1, -0.05) is 6.07 Å². The Hall–Kier alpha value is -1.95. The molecule has 0 spiro atoms. The van der Waals surface area contributed by atoms with Gasteiger partial charge in [-0.3, -0.25) is 4.99 Å². The summed E-state index contributed by atoms with van der Waals surface area (Å²) in [6, 6.07) is 7.32. The van der Waals surface area contributed by atoms with Gasteiger partial charge >= 0.3 is 0 Å². The van der Waals surface area contributed by atoms with Gasteiger partial charge in [0, 0.05) is 38.3 Å². The van der Waals surface area contributed by atoms with Crippen LogP contribution in [0.4, 0.5) is 0 Å². The molecule has 0 atom stereocenters. The number of benzene rings is 1. The second kappa shape index (κ2) is 12.6. The van der Waals surface area contributed by atoms with Crippen molar-refractivity contribution in [2.45, 2.75) is 65.5 Å². The van der Waals surface area contributed by atoms with Crippen LogP contribution in [-0.2, 0) is 6.42 Å². The van der Waals surface area contributed by atoms with Crippen LogP contribution in [0.25, 0.3) is 0 Å². The van der Waals surface area contributed by atoms with Crippen LogP contribution in [0.3, 0.4) is 0 Å². The summed E-state index contributed by atoms with van der Waals surface area (Å²) in [6.45, 7) is 13.3. The van der Waals surface area contributed by atoms with E-state index in [4.69, 9.17) is 14.5 Å². The minimum Gasteiger partial charge on any atom is -0.493 e. The van der Waals surface area contributed by atoms with Gasteiger partial charge in [0.15, 0.2) is 17.5 Å². The Morgan fingerprint density at radius 2 is 1.97 bits per heavy atom. The lowest BCUT2D eigenvalue weighted by Crippen LogP contribution is -2.49. The van der Waals surface area contributed by atoms with Crippen LogP contribution in [0, 0.1) is 0 Å². The molecule has 1 saturated heterocycles. The van der Waals surface area contributed by atoms with Crippen molar-refractivity contribution in [3.63, 3.8) is 0 Å². The molecule has 0 unspecified atom stereocenters. The first-order valence-electron chi connectivity index (χ1n) is 11.2. The lowest BCUT2D eigenvalue weighted by molar-refractivity contribution is 0.167. The number of likely N-dealkylation sites (tertiary alicyclic amines) is 1. The third-order valence-corrected chi connectivity index (χ3v) is 5.37. The van der Waals surface area contributed by atoms with Crippen molar-refractivity contribution < 1.29 is 9.47 Å². The summed E-state index contributed by atoms with van der Waals surface area (Å²) in [7, 11) is 1.67. The van der Waals surface area contributed by atoms with Crippen molar-refractivity contribution >= 4 is 5.96 Å². The van der Waals surface area contributed by atoms with Gasteiger partial charge in [-0.25, -0.2) is 0 Å². The first-order valence-corrected chi connectivity index (χ1v) is 11.2. The highest BCUT2D eigenvalue weighted by atomic mass is 16.5. The van der Waals surface area contributed by atoms with Crippen LogP contribution >= 0.6 is 0 Å². The quantitative estimate of drug-likeness (QED) is 0.355. The summed E-state index contributed by atoms with van der Waals surface area (Å²) in [5, 5.41) is 7.02. The maximum atomic E-state index is 5.68. The van der Waals surface area contributed by atoms with E-state index < -0.39 is 0 Å². The van der Waals surface area contributed by atoms with Crippen LogP contribution in [-0.4, -0.2) is 62.8 Å². The smallest absolute Gasteiger partial charge is 0.191 e. The standard InChI is InChI=1S/C23H40N4O2/c1-6-24-23(26-20-12-15-27(16-13-20)18(3)4)25-14-8-9-19-10-11-21(28-5)22(17-19)29-7-2/h10-11,17-18,20H,6-9,12-16H2,1-5H3,(H2,24,25,26). The zero-order valence-corrected chi connectivity index (χ0v) is 19.0. The van der Waals surface area contributed by atoms with E-state index in [2.05, 4.69) is 48.4 Å². The Morgan fingerprint density at radius 3 is 2.59 bits per heavy atom. The highest BCUT2D eigenvalue weighted by Crippen LogP contribution is 2.28. The molecule has 0 aliphatic carbocycles. The molecular formula is C23H40N4O2. The van der Waals surface area contributed by atoms with Crippen LogP contribution in [0.5, 0.6) is 11.5 Å². The zero-order chi connectivity index (χ0) is 21.1. The fourth-order valence-corrected chi connectivity index (χ4v) is 3.69. The van der Waals surface area contributed by atoms with E-state index in [0.29, 0.717) is 18.7 Å². The van der Waals surface area contributed by atoms with Gasteiger partial charge in [-0.15, -0.1) is 0 Å². The van der Waals surface area contributed by atoms with Gasteiger partial charge in [-0.2, -0.15) is 0 Å². The summed E-state index contributed by atoms with van der Waals surface area (Å²) in [4.78, 5) is 7.34. The summed E-state index contributed by atoms with van der Waals surface area (Å²) in [5.74, 6) is 2.55. The van der Waals surface area contributed by atoms with Crippen LogP contribution in [0.1, 0.15) is 52.5 Å². The molecule has 1 aliphatic heterocycles. The largest absolute Gasteiger partial charge is 0.493 e. The third-order valence-electron chi connectivity index (χ3n) is 5.37. The highest BCUT2D eigenvalue weighted by molar-refractivity contribution is 5.80. The van der Waals surface area contributed by atoms with E-state index in [0.717, 1.165) is 56.5 Å². The van der Waals surface area contributed by atoms with Crippen molar-refractivity contribution in [1.82, 2.24) is 15.5 Å². The molecule has 1 aromatic carbocycles. The lowest BCUT2D eigenvalue weighted by Gasteiger charge is -2.35. The first-order chi connectivity index (χ1) is 14.1. The predicted octanol–water partition coefficient (Wildman–Crippen LogP) is 3.45. The van der Waals surface area contributed by atoms with E-state index in [1.807, 2.05) is 13.0 Å². The van der Waals surface area contributed by atoms with E-state index in [9.17, 15) is 0 Å². The van der Waals surface area contributed by atoms with Crippen molar-refractivity contribution in [2.24, 2.45) is 4.99 Å². The van der Waals surface area contributed by atoms with Gasteiger partial charge in [0.1, 0.15) is 0 Å². The van der Waals surface area contributed by atoms with Crippen molar-refractivity contribution in [1.29, 1.82) is 0 Å². The molecule has 1 aliphatic rings. The second-order valence-electron chi connectivity index (χ2n) is 7.83. The number of ether oxygens (including phenoxy) is 2. The molecule has 164 valence electrons. The fourth-order valence-electron chi connectivity index (χ4n) is 3.69. The molecule has 6 heteroatoms. The normalized spacial score (nSPS) is 16.1. The second-order valence-corrected chi connectivity index (χ2v) is 7.83. The number of methoxy groups -OCH3 is 1. The predicted molar refractivity (Wildman–Crippen MR) is 121 cm³/mol. The summed E-state index contributed by atoms with van der Waals surface area (Å²) < 4.78 is 11.0. The van der Waals surface area contributed by atoms with Gasteiger partial charge in [0.05, 0.1) is 13.7 Å². The Balaban J connectivity index is 1.82. The molecule has 0 radical (unpaired) electrons. The highest BCUT2D eigenvalue weighted by Gasteiger charge is 2.21. The molecule has 2 N–H and O–H groups in total. The van der Waals surface area contributed by atoms with E-state index >= 15 is 0 Å². The van der Waals surface area contributed by atoms with E-state index in [-0.39, 0.29) is 0 Å². The molecule has 1 fully saturated rings. The molecule has 0 saturated carbocycles. The average Bonchev–Trinajstić information content (AvgIpc) is 2.72. The van der Waals surface area contributed by atoms with Crippen LogP contribution < -0.4 is 20.1 Å². The van der Waals surface area contributed by atoms with Crippen molar-refractivity contribution in [2.75, 3.05) is 39.9 Å². The number of aryl methyl sites for hydroxylation is 1. The molecule has 1 aromatic rings. The third kappa shape index (κ3) is 7.77. The Morgan fingerprint density at radius 1 is 1.21 bits per heavy atom. The topological polar surface area (TPSA) is 58.1 Å². The first kappa shape index (κ1) is 23.3. The molecule has 0 amide bonds. The van der Waals surface area contributed by atoms with Gasteiger partial charge < -0.3 is 25.0 Å². The lowest BCUT2D eigenvalue weighted by atomic mass is 10.0.